The van der Waals surface area contributed by atoms with E-state index in [1.807, 2.05) is 0 Å². The van der Waals surface area contributed by atoms with E-state index in [9.17, 15) is 13.2 Å². The Morgan fingerprint density at radius 3 is 2.31 bits per heavy atom. The van der Waals surface area contributed by atoms with Crippen molar-refractivity contribution in [3.63, 3.8) is 0 Å². The molecule has 4 rings (SSSR count). The Morgan fingerprint density at radius 1 is 0.943 bits per heavy atom. The van der Waals surface area contributed by atoms with Gasteiger partial charge in [-0.2, -0.15) is 0 Å². The van der Waals surface area contributed by atoms with Crippen LogP contribution in [0.3, 0.4) is 0 Å². The molecule has 0 aliphatic heterocycles. The van der Waals surface area contributed by atoms with Gasteiger partial charge in [0.05, 0.1) is 5.56 Å². The summed E-state index contributed by atoms with van der Waals surface area (Å²) in [7, 11) is 0. The SMILES string of the molecule is CCCCC1CCC(c2cc(F)c(-c3ccc4c(C#COC(F)(F)F)cccc4c3)c(F)c2)CC1. The zero-order valence-corrected chi connectivity index (χ0v) is 19.5. The highest BCUT2D eigenvalue weighted by atomic mass is 19.4. The lowest BCUT2D eigenvalue weighted by Gasteiger charge is -2.29. The molecule has 0 atom stereocenters. The number of benzene rings is 3. The Hall–Kier alpha value is -3.07. The predicted molar refractivity (Wildman–Crippen MR) is 128 cm³/mol. The lowest BCUT2D eigenvalue weighted by Crippen LogP contribution is -2.14. The van der Waals surface area contributed by atoms with Gasteiger partial charge in [-0.3, -0.25) is 0 Å². The molecule has 0 N–H and O–H groups in total. The smallest absolute Gasteiger partial charge is 0.352 e. The van der Waals surface area contributed by atoms with Crippen molar-refractivity contribution in [3.05, 3.63) is 71.3 Å². The fraction of sp³-hybridized carbons (Fsp3) is 0.379. The minimum absolute atomic E-state index is 0.107. The van der Waals surface area contributed by atoms with E-state index in [0.717, 1.165) is 25.7 Å². The van der Waals surface area contributed by atoms with Crippen molar-refractivity contribution in [2.45, 2.75) is 64.1 Å². The van der Waals surface area contributed by atoms with Gasteiger partial charge in [-0.15, -0.1) is 13.2 Å². The van der Waals surface area contributed by atoms with Crippen molar-refractivity contribution in [3.8, 4) is 23.2 Å². The summed E-state index contributed by atoms with van der Waals surface area (Å²) in [4.78, 5) is 0. The van der Waals surface area contributed by atoms with Crippen LogP contribution >= 0.6 is 0 Å². The minimum atomic E-state index is -4.85. The predicted octanol–water partition coefficient (Wildman–Crippen LogP) is 9.09. The van der Waals surface area contributed by atoms with Crippen molar-refractivity contribution in [2.24, 2.45) is 5.92 Å². The number of hydrogen-bond donors (Lipinski definition) is 0. The van der Waals surface area contributed by atoms with Crippen LogP contribution in [-0.2, 0) is 4.74 Å². The maximum Gasteiger partial charge on any atom is 0.581 e. The standard InChI is InChI=1S/C29H27F5O/c1-2-3-5-19-8-10-20(11-9-19)24-17-26(30)28(27(31)18-24)23-12-13-25-21(6-4-7-22(25)16-23)14-15-35-29(32,33)34/h4,6-7,12-13,16-20H,2-3,5,8-11H2,1H3. The highest BCUT2D eigenvalue weighted by Gasteiger charge is 2.29. The maximum atomic E-state index is 15.2. The number of unbranched alkanes of at least 4 members (excludes halogenated alkanes) is 1. The Morgan fingerprint density at radius 2 is 1.66 bits per heavy atom. The maximum absolute atomic E-state index is 15.2. The lowest BCUT2D eigenvalue weighted by molar-refractivity contribution is -0.291. The van der Waals surface area contributed by atoms with Crippen LogP contribution in [0.5, 0.6) is 0 Å². The number of hydrogen-bond acceptors (Lipinski definition) is 1. The Kier molecular flexibility index (Phi) is 7.64. The quantitative estimate of drug-likeness (QED) is 0.258. The van der Waals surface area contributed by atoms with Crippen LogP contribution in [0.4, 0.5) is 22.0 Å². The van der Waals surface area contributed by atoms with E-state index in [2.05, 4.69) is 17.6 Å². The summed E-state index contributed by atoms with van der Waals surface area (Å²) in [5.41, 5.74) is 1.29. The largest absolute Gasteiger partial charge is 0.581 e. The fourth-order valence-electron chi connectivity index (χ4n) is 5.07. The minimum Gasteiger partial charge on any atom is -0.352 e. The molecule has 0 aromatic heterocycles. The van der Waals surface area contributed by atoms with Crippen LogP contribution in [0.2, 0.25) is 0 Å². The van der Waals surface area contributed by atoms with Crippen molar-refractivity contribution < 1.29 is 26.7 Å². The highest BCUT2D eigenvalue weighted by Crippen LogP contribution is 2.40. The molecule has 3 aromatic carbocycles. The van der Waals surface area contributed by atoms with Gasteiger partial charge in [0.2, 0.25) is 0 Å². The van der Waals surface area contributed by atoms with Crippen LogP contribution in [0, 0.1) is 29.6 Å². The molecule has 6 heteroatoms. The second kappa shape index (κ2) is 10.7. The summed E-state index contributed by atoms with van der Waals surface area (Å²) in [6.07, 6.45) is 4.55. The second-order valence-corrected chi connectivity index (χ2v) is 9.24. The molecule has 0 heterocycles. The number of halogens is 5. The molecule has 3 aromatic rings. The van der Waals surface area contributed by atoms with Crippen molar-refractivity contribution in [2.75, 3.05) is 0 Å². The molecule has 184 valence electrons. The van der Waals surface area contributed by atoms with Crippen LogP contribution < -0.4 is 0 Å². The third-order valence-electron chi connectivity index (χ3n) is 6.87. The van der Waals surface area contributed by atoms with E-state index >= 15 is 8.78 Å². The number of alkyl halides is 3. The van der Waals surface area contributed by atoms with Crippen LogP contribution in [0.25, 0.3) is 21.9 Å². The fourth-order valence-corrected chi connectivity index (χ4v) is 5.07. The summed E-state index contributed by atoms with van der Waals surface area (Å²) in [6, 6.07) is 12.6. The van der Waals surface area contributed by atoms with Gasteiger partial charge in [-0.25, -0.2) is 8.78 Å². The summed E-state index contributed by atoms with van der Waals surface area (Å²) in [6.45, 7) is 2.19. The summed E-state index contributed by atoms with van der Waals surface area (Å²) >= 11 is 0. The lowest BCUT2D eigenvalue weighted by atomic mass is 9.77. The summed E-state index contributed by atoms with van der Waals surface area (Å²) in [5, 5.41) is 1.17. The van der Waals surface area contributed by atoms with Crippen LogP contribution in [0.15, 0.2) is 48.5 Å². The molecule has 0 bridgehead atoms. The molecule has 35 heavy (non-hydrogen) atoms. The van der Waals surface area contributed by atoms with E-state index in [1.165, 1.54) is 31.4 Å². The molecule has 0 radical (unpaired) electrons. The van der Waals surface area contributed by atoms with Gasteiger partial charge >= 0.3 is 6.36 Å². The first-order valence-electron chi connectivity index (χ1n) is 12.0. The average Bonchev–Trinajstić information content (AvgIpc) is 2.82. The first-order chi connectivity index (χ1) is 16.7. The topological polar surface area (TPSA) is 9.23 Å². The average molecular weight is 487 g/mol. The molecule has 0 saturated heterocycles. The van der Waals surface area contributed by atoms with Crippen molar-refractivity contribution >= 4 is 10.8 Å². The Balaban J connectivity index is 1.57. The highest BCUT2D eigenvalue weighted by molar-refractivity contribution is 5.91. The third-order valence-corrected chi connectivity index (χ3v) is 6.87. The molecule has 0 spiro atoms. The van der Waals surface area contributed by atoms with Crippen LogP contribution in [0.1, 0.15) is 68.9 Å². The van der Waals surface area contributed by atoms with Crippen molar-refractivity contribution in [1.29, 1.82) is 0 Å². The molecular formula is C29H27F5O. The van der Waals surface area contributed by atoms with E-state index < -0.39 is 18.0 Å². The summed E-state index contributed by atoms with van der Waals surface area (Å²) < 4.78 is 70.5. The monoisotopic (exact) mass is 486 g/mol. The zero-order chi connectivity index (χ0) is 25.0. The Bertz CT molecular complexity index is 1220. The van der Waals surface area contributed by atoms with Crippen LogP contribution in [-0.4, -0.2) is 6.36 Å². The second-order valence-electron chi connectivity index (χ2n) is 9.24. The van der Waals surface area contributed by atoms with Gasteiger partial charge in [0.1, 0.15) is 17.7 Å². The molecule has 0 amide bonds. The van der Waals surface area contributed by atoms with Gasteiger partial charge in [0.15, 0.2) is 0 Å². The molecule has 1 aliphatic carbocycles. The van der Waals surface area contributed by atoms with E-state index in [1.54, 1.807) is 42.5 Å². The van der Waals surface area contributed by atoms with Gasteiger partial charge in [0.25, 0.3) is 0 Å². The third kappa shape index (κ3) is 6.14. The Labute approximate surface area is 202 Å². The van der Waals surface area contributed by atoms with E-state index in [0.29, 0.717) is 33.4 Å². The number of rotatable bonds is 5. The first kappa shape index (κ1) is 25.0. The summed E-state index contributed by atoms with van der Waals surface area (Å²) in [5.74, 6) is 2.01. The molecule has 1 fully saturated rings. The zero-order valence-electron chi connectivity index (χ0n) is 19.5. The number of ether oxygens (including phenoxy) is 1. The molecule has 1 nitrogen and oxygen atoms in total. The molecule has 1 aliphatic rings. The normalized spacial score (nSPS) is 18.2. The molecular weight excluding hydrogens is 459 g/mol. The van der Waals surface area contributed by atoms with Crippen molar-refractivity contribution in [1.82, 2.24) is 0 Å². The first-order valence-corrected chi connectivity index (χ1v) is 12.0. The van der Waals surface area contributed by atoms with E-state index in [4.69, 9.17) is 0 Å². The van der Waals surface area contributed by atoms with Gasteiger partial charge in [-0.1, -0.05) is 50.5 Å². The van der Waals surface area contributed by atoms with Gasteiger partial charge < -0.3 is 4.74 Å². The molecule has 0 unspecified atom stereocenters. The van der Waals surface area contributed by atoms with E-state index in [-0.39, 0.29) is 11.5 Å². The number of fused-ring (bicyclic) bond motifs is 1. The van der Waals surface area contributed by atoms with Gasteiger partial charge in [0, 0.05) is 5.56 Å². The van der Waals surface area contributed by atoms with Gasteiger partial charge in [-0.05, 0) is 89.6 Å². The molecule has 1 saturated carbocycles.